The molecule has 0 heterocycles. The van der Waals surface area contributed by atoms with E-state index in [2.05, 4.69) is 85.0 Å². The SMILES string of the molecule is C1=C/C(=C2/C=CC=C3c4ccccc4C[C-]32)C(C2C=CC=C2)=C1.[Cl][Zr+2][Cl].c1cc[cH-]c1. The van der Waals surface area contributed by atoms with Gasteiger partial charge in [0.25, 0.3) is 0 Å². The minimum atomic E-state index is -0.826. The van der Waals surface area contributed by atoms with E-state index in [0.29, 0.717) is 5.92 Å². The summed E-state index contributed by atoms with van der Waals surface area (Å²) in [6.45, 7) is 0. The number of halogens is 2. The van der Waals surface area contributed by atoms with E-state index in [9.17, 15) is 0 Å². The summed E-state index contributed by atoms with van der Waals surface area (Å²) in [4.78, 5) is 0. The molecule has 0 radical (unpaired) electrons. The van der Waals surface area contributed by atoms with Gasteiger partial charge in [-0.15, -0.1) is 35.3 Å². The minimum Gasteiger partial charge on any atom is -0.214 e. The first-order valence-electron chi connectivity index (χ1n) is 10.3. The zero-order valence-electron chi connectivity index (χ0n) is 17.0. The van der Waals surface area contributed by atoms with Crippen molar-refractivity contribution in [2.45, 2.75) is 6.42 Å². The fraction of sp³-hybridized carbons (Fsp3) is 0.0714. The van der Waals surface area contributed by atoms with Crippen molar-refractivity contribution in [3.8, 4) is 0 Å². The maximum atomic E-state index is 4.93. The van der Waals surface area contributed by atoms with Crippen molar-refractivity contribution in [3.63, 3.8) is 0 Å². The van der Waals surface area contributed by atoms with Gasteiger partial charge in [0, 0.05) is 5.92 Å². The standard InChI is InChI=1S/C23H17.C5H5.2ClH.Zr/c1-2-8-16(7-1)18-11-5-12-20(18)22-14-6-13-21-19-10-4-3-9-17(19)15-23(21)22;1-2-4-5-3-1;;;/h1-14,16H,15H2;1-5H;2*1H;/q2*-1;;;+4/p-2/b22-20+;;;;. The molecule has 0 bridgehead atoms. The number of fused-ring (bicyclic) bond motifs is 3. The predicted molar refractivity (Wildman–Crippen MR) is 130 cm³/mol. The molecule has 0 aliphatic heterocycles. The normalized spacial score (nSPS) is 19.6. The topological polar surface area (TPSA) is 0 Å². The largest absolute Gasteiger partial charge is 0.214 e. The fourth-order valence-electron chi connectivity index (χ4n) is 4.34. The Balaban J connectivity index is 0.000000247. The van der Waals surface area contributed by atoms with Crippen LogP contribution in [0.5, 0.6) is 0 Å². The first-order valence-corrected chi connectivity index (χ1v) is 16.6. The fourth-order valence-corrected chi connectivity index (χ4v) is 4.34. The van der Waals surface area contributed by atoms with Crippen molar-refractivity contribution < 1.29 is 20.8 Å². The maximum absolute atomic E-state index is 4.93. The van der Waals surface area contributed by atoms with Crippen molar-refractivity contribution in [2.75, 3.05) is 0 Å². The molecule has 6 rings (SSSR count). The predicted octanol–water partition coefficient (Wildman–Crippen LogP) is 8.09. The Morgan fingerprint density at radius 2 is 1.58 bits per heavy atom. The summed E-state index contributed by atoms with van der Waals surface area (Å²) >= 11 is -0.826. The van der Waals surface area contributed by atoms with Gasteiger partial charge in [-0.2, -0.15) is 18.2 Å². The van der Waals surface area contributed by atoms with E-state index < -0.39 is 20.8 Å². The van der Waals surface area contributed by atoms with Crippen LogP contribution in [-0.4, -0.2) is 0 Å². The van der Waals surface area contributed by atoms with Crippen LogP contribution in [-0.2, 0) is 27.3 Å². The number of allylic oxidation sites excluding steroid dienone is 14. The molecule has 3 heteroatoms. The van der Waals surface area contributed by atoms with Gasteiger partial charge in [0.1, 0.15) is 0 Å². The zero-order valence-corrected chi connectivity index (χ0v) is 21.0. The average molecular weight is 521 g/mol. The smallest absolute Gasteiger partial charge is 0.172 e. The molecule has 2 aromatic carbocycles. The van der Waals surface area contributed by atoms with Crippen LogP contribution in [0.4, 0.5) is 0 Å². The number of hydrogen-bond donors (Lipinski definition) is 0. The van der Waals surface area contributed by atoms with Crippen LogP contribution >= 0.6 is 17.0 Å². The van der Waals surface area contributed by atoms with Gasteiger partial charge in [-0.1, -0.05) is 89.1 Å². The van der Waals surface area contributed by atoms with Crippen LogP contribution in [0.2, 0.25) is 0 Å². The second-order valence-electron chi connectivity index (χ2n) is 7.39. The van der Waals surface area contributed by atoms with E-state index in [1.165, 1.54) is 39.3 Å². The number of benzene rings is 1. The molecule has 31 heavy (non-hydrogen) atoms. The Kier molecular flexibility index (Phi) is 7.98. The maximum Gasteiger partial charge on any atom is -0.172 e. The van der Waals surface area contributed by atoms with E-state index in [4.69, 9.17) is 17.0 Å². The zero-order chi connectivity index (χ0) is 21.5. The molecular formula is C28H22Cl2Zr. The van der Waals surface area contributed by atoms with Gasteiger partial charge < -0.3 is 0 Å². The second kappa shape index (κ2) is 11.1. The van der Waals surface area contributed by atoms with Crippen LogP contribution in [0, 0.1) is 11.8 Å². The van der Waals surface area contributed by atoms with Gasteiger partial charge in [0.05, 0.1) is 0 Å². The molecule has 4 aliphatic carbocycles. The minimum absolute atomic E-state index is 0.416. The summed E-state index contributed by atoms with van der Waals surface area (Å²) in [6, 6.07) is 18.8. The van der Waals surface area contributed by atoms with E-state index in [1.807, 2.05) is 30.3 Å². The Hall–Kier alpha value is -1.92. The first kappa shape index (κ1) is 22.3. The molecule has 0 unspecified atom stereocenters. The molecule has 0 aromatic heterocycles. The summed E-state index contributed by atoms with van der Waals surface area (Å²) in [5.74, 6) is 1.90. The van der Waals surface area contributed by atoms with Gasteiger partial charge in [-0.25, -0.2) is 12.1 Å². The third kappa shape index (κ3) is 5.12. The quantitative estimate of drug-likeness (QED) is 0.334. The molecule has 2 aromatic rings. The van der Waals surface area contributed by atoms with Crippen molar-refractivity contribution in [1.29, 1.82) is 0 Å². The second-order valence-corrected chi connectivity index (χ2v) is 11.1. The molecule has 0 atom stereocenters. The molecule has 0 amide bonds. The Morgan fingerprint density at radius 3 is 2.29 bits per heavy atom. The Labute approximate surface area is 203 Å². The molecule has 0 spiro atoms. The van der Waals surface area contributed by atoms with Gasteiger partial charge in [-0.3, -0.25) is 0 Å². The first-order chi connectivity index (χ1) is 15.3. The van der Waals surface area contributed by atoms with Crippen molar-refractivity contribution in [1.82, 2.24) is 0 Å². The molecule has 0 saturated heterocycles. The van der Waals surface area contributed by atoms with Crippen LogP contribution in [0.1, 0.15) is 11.1 Å². The summed E-state index contributed by atoms with van der Waals surface area (Å²) in [7, 11) is 9.87. The van der Waals surface area contributed by atoms with Gasteiger partial charge in [0.2, 0.25) is 0 Å². The van der Waals surface area contributed by atoms with Gasteiger partial charge in [-0.05, 0) is 6.42 Å². The van der Waals surface area contributed by atoms with Crippen LogP contribution in [0.3, 0.4) is 0 Å². The monoisotopic (exact) mass is 518 g/mol. The Bertz CT molecular complexity index is 1080. The average Bonchev–Trinajstić information content (AvgIpc) is 3.61. The van der Waals surface area contributed by atoms with Crippen molar-refractivity contribution >= 4 is 22.6 Å². The molecule has 152 valence electrons. The van der Waals surface area contributed by atoms with Gasteiger partial charge in [0.15, 0.2) is 0 Å². The number of hydrogen-bond acceptors (Lipinski definition) is 0. The summed E-state index contributed by atoms with van der Waals surface area (Å²) in [6.07, 6.45) is 23.4. The molecule has 0 saturated carbocycles. The van der Waals surface area contributed by atoms with Crippen LogP contribution in [0.15, 0.2) is 132 Å². The van der Waals surface area contributed by atoms with E-state index >= 15 is 0 Å². The van der Waals surface area contributed by atoms with Crippen LogP contribution in [0.25, 0.3) is 5.57 Å². The molecule has 0 nitrogen and oxygen atoms in total. The van der Waals surface area contributed by atoms with Crippen LogP contribution < -0.4 is 0 Å². The number of rotatable bonds is 1. The van der Waals surface area contributed by atoms with E-state index in [1.54, 1.807) is 0 Å². The Morgan fingerprint density at radius 1 is 0.871 bits per heavy atom. The molecule has 0 fully saturated rings. The third-order valence-corrected chi connectivity index (χ3v) is 5.65. The van der Waals surface area contributed by atoms with Crippen molar-refractivity contribution in [2.24, 2.45) is 5.92 Å². The van der Waals surface area contributed by atoms with Crippen molar-refractivity contribution in [3.05, 3.63) is 149 Å². The molecular weight excluding hydrogens is 498 g/mol. The van der Waals surface area contributed by atoms with E-state index in [-0.39, 0.29) is 0 Å². The summed E-state index contributed by atoms with van der Waals surface area (Å²) < 4.78 is 0. The van der Waals surface area contributed by atoms with E-state index in [0.717, 1.165) is 6.42 Å². The summed E-state index contributed by atoms with van der Waals surface area (Å²) in [5, 5.41) is 0. The van der Waals surface area contributed by atoms with Gasteiger partial charge >= 0.3 is 37.9 Å². The molecule has 0 N–H and O–H groups in total. The summed E-state index contributed by atoms with van der Waals surface area (Å²) in [5.41, 5.74) is 8.45. The molecule has 4 aliphatic rings. The third-order valence-electron chi connectivity index (χ3n) is 5.65.